The Morgan fingerprint density at radius 3 is 1.21 bits per heavy atom. The predicted octanol–water partition coefficient (Wildman–Crippen LogP) is 17.8. The average Bonchev–Trinajstić information content (AvgIpc) is 3.32. The molecule has 66 heavy (non-hydrogen) atoms. The lowest BCUT2D eigenvalue weighted by Crippen LogP contribution is -2.45. The molecule has 0 saturated carbocycles. The molecule has 1 amide bonds. The van der Waals surface area contributed by atoms with E-state index in [1.807, 2.05) is 6.08 Å². The summed E-state index contributed by atoms with van der Waals surface area (Å²) in [6.45, 7) is 4.84. The van der Waals surface area contributed by atoms with Crippen LogP contribution in [-0.4, -0.2) is 47.4 Å². The van der Waals surface area contributed by atoms with Crippen molar-refractivity contribution in [3.05, 3.63) is 48.6 Å². The van der Waals surface area contributed by atoms with Crippen molar-refractivity contribution in [1.29, 1.82) is 0 Å². The van der Waals surface area contributed by atoms with E-state index < -0.39 is 12.1 Å². The highest BCUT2D eigenvalue weighted by Gasteiger charge is 2.18. The lowest BCUT2D eigenvalue weighted by molar-refractivity contribution is -0.143. The molecule has 0 radical (unpaired) electrons. The molecule has 0 aliphatic rings. The molecule has 0 bridgehead atoms. The quantitative estimate of drug-likeness (QED) is 0.0321. The standard InChI is InChI=1S/C60H111NO5/c1-3-5-7-9-11-13-15-17-19-20-22-25-28-32-36-40-44-48-52-58(63)57(56-62)61-59(64)53-49-45-41-37-33-29-26-23-21-24-27-31-35-39-43-47-51-55-66-60(65)54-50-46-42-38-34-30-18-16-14-12-10-8-6-4-2/h10,12,16,18,21,24,48,52,57-58,62-63H,3-9,11,13-15,17,19-20,22-23,25-47,49-51,53-56H2,1-2H3,(H,61,64)/b12-10-,18-16-,24-21-,52-48+. The lowest BCUT2D eigenvalue weighted by atomic mass is 10.0. The fourth-order valence-electron chi connectivity index (χ4n) is 8.59. The number of ether oxygens (including phenoxy) is 1. The Hall–Kier alpha value is -2.18. The van der Waals surface area contributed by atoms with Gasteiger partial charge >= 0.3 is 5.97 Å². The molecule has 0 fully saturated rings. The van der Waals surface area contributed by atoms with E-state index in [0.717, 1.165) is 64.2 Å². The largest absolute Gasteiger partial charge is 0.466 e. The van der Waals surface area contributed by atoms with Crippen LogP contribution in [0, 0.1) is 0 Å². The van der Waals surface area contributed by atoms with E-state index in [2.05, 4.69) is 55.6 Å². The molecule has 0 aliphatic carbocycles. The summed E-state index contributed by atoms with van der Waals surface area (Å²) in [7, 11) is 0. The molecule has 2 atom stereocenters. The second kappa shape index (κ2) is 55.4. The van der Waals surface area contributed by atoms with Crippen LogP contribution >= 0.6 is 0 Å². The molecule has 6 heteroatoms. The molecule has 2 unspecified atom stereocenters. The molecule has 0 aromatic heterocycles. The Kier molecular flexibility index (Phi) is 53.6. The van der Waals surface area contributed by atoms with Gasteiger partial charge in [-0.1, -0.05) is 249 Å². The first-order chi connectivity index (χ1) is 32.5. The van der Waals surface area contributed by atoms with Crippen molar-refractivity contribution >= 4 is 11.9 Å². The summed E-state index contributed by atoms with van der Waals surface area (Å²) in [4.78, 5) is 24.5. The average molecular weight is 927 g/mol. The topological polar surface area (TPSA) is 95.9 Å². The Labute approximate surface area is 410 Å². The number of amides is 1. The maximum absolute atomic E-state index is 12.5. The summed E-state index contributed by atoms with van der Waals surface area (Å²) in [5.74, 6) is -0.0976. The minimum Gasteiger partial charge on any atom is -0.466 e. The van der Waals surface area contributed by atoms with Gasteiger partial charge in [0.1, 0.15) is 0 Å². The first kappa shape index (κ1) is 63.8. The van der Waals surface area contributed by atoms with Crippen molar-refractivity contribution in [1.82, 2.24) is 5.32 Å². The molecule has 0 heterocycles. The van der Waals surface area contributed by atoms with Crippen molar-refractivity contribution < 1.29 is 24.5 Å². The van der Waals surface area contributed by atoms with Crippen molar-refractivity contribution in [3.63, 3.8) is 0 Å². The van der Waals surface area contributed by atoms with Gasteiger partial charge in [-0.3, -0.25) is 9.59 Å². The van der Waals surface area contributed by atoms with Gasteiger partial charge in [0, 0.05) is 12.8 Å². The van der Waals surface area contributed by atoms with Crippen LogP contribution in [0.15, 0.2) is 48.6 Å². The van der Waals surface area contributed by atoms with Crippen LogP contribution in [0.2, 0.25) is 0 Å². The number of esters is 1. The van der Waals surface area contributed by atoms with Crippen LogP contribution in [0.5, 0.6) is 0 Å². The summed E-state index contributed by atoms with van der Waals surface area (Å²) in [6.07, 6.45) is 69.8. The van der Waals surface area contributed by atoms with Crippen LogP contribution in [-0.2, 0) is 14.3 Å². The van der Waals surface area contributed by atoms with Gasteiger partial charge in [-0.2, -0.15) is 0 Å². The SMILES string of the molecule is CCCC/C=C\C/C=C\CCCCCCCC(=O)OCCCCCCCC/C=C\CCCCCCCCCC(=O)NC(CO)C(O)/C=C/CCCCCCCCCCCCCCCCCC. The molecule has 0 aromatic carbocycles. The van der Waals surface area contributed by atoms with Crippen LogP contribution < -0.4 is 5.32 Å². The van der Waals surface area contributed by atoms with Gasteiger partial charge in [0.15, 0.2) is 0 Å². The van der Waals surface area contributed by atoms with Crippen LogP contribution in [0.25, 0.3) is 0 Å². The van der Waals surface area contributed by atoms with Crippen molar-refractivity contribution in [2.45, 2.75) is 309 Å². The smallest absolute Gasteiger partial charge is 0.305 e. The number of aliphatic hydroxyl groups is 2. The van der Waals surface area contributed by atoms with E-state index in [1.165, 1.54) is 205 Å². The van der Waals surface area contributed by atoms with Crippen LogP contribution in [0.1, 0.15) is 296 Å². The third-order valence-electron chi connectivity index (χ3n) is 13.1. The predicted molar refractivity (Wildman–Crippen MR) is 287 cm³/mol. The highest BCUT2D eigenvalue weighted by atomic mass is 16.5. The lowest BCUT2D eigenvalue weighted by Gasteiger charge is -2.20. The van der Waals surface area contributed by atoms with Gasteiger partial charge in [-0.15, -0.1) is 0 Å². The molecule has 3 N–H and O–H groups in total. The van der Waals surface area contributed by atoms with E-state index in [1.54, 1.807) is 6.08 Å². The van der Waals surface area contributed by atoms with E-state index >= 15 is 0 Å². The fourth-order valence-corrected chi connectivity index (χ4v) is 8.59. The van der Waals surface area contributed by atoms with Crippen molar-refractivity contribution in [2.24, 2.45) is 0 Å². The van der Waals surface area contributed by atoms with E-state index in [9.17, 15) is 19.8 Å². The van der Waals surface area contributed by atoms with Crippen molar-refractivity contribution in [3.8, 4) is 0 Å². The number of aliphatic hydroxyl groups excluding tert-OH is 2. The third kappa shape index (κ3) is 51.2. The normalized spacial score (nSPS) is 13.0. The number of hydrogen-bond donors (Lipinski definition) is 3. The monoisotopic (exact) mass is 926 g/mol. The fraction of sp³-hybridized carbons (Fsp3) is 0.833. The highest BCUT2D eigenvalue weighted by Crippen LogP contribution is 2.16. The Morgan fingerprint density at radius 1 is 0.424 bits per heavy atom. The summed E-state index contributed by atoms with van der Waals surface area (Å²) >= 11 is 0. The Bertz CT molecular complexity index is 1110. The summed E-state index contributed by atoms with van der Waals surface area (Å²) < 4.78 is 5.46. The summed E-state index contributed by atoms with van der Waals surface area (Å²) in [5.41, 5.74) is 0. The zero-order valence-corrected chi connectivity index (χ0v) is 43.9. The number of hydrogen-bond acceptors (Lipinski definition) is 5. The van der Waals surface area contributed by atoms with E-state index in [-0.39, 0.29) is 18.5 Å². The summed E-state index contributed by atoms with van der Waals surface area (Å²) in [5, 5.41) is 23.1. The minimum absolute atomic E-state index is 0.0178. The minimum atomic E-state index is -0.854. The molecular formula is C60H111NO5. The molecule has 386 valence electrons. The number of rotatable bonds is 53. The van der Waals surface area contributed by atoms with E-state index in [4.69, 9.17) is 4.74 Å². The highest BCUT2D eigenvalue weighted by molar-refractivity contribution is 5.76. The zero-order chi connectivity index (χ0) is 47.9. The second-order valence-corrected chi connectivity index (χ2v) is 19.6. The molecular weight excluding hydrogens is 815 g/mol. The number of nitrogens with one attached hydrogen (secondary N) is 1. The maximum Gasteiger partial charge on any atom is 0.305 e. The number of carbonyl (C=O) groups is 2. The van der Waals surface area contributed by atoms with Crippen LogP contribution in [0.4, 0.5) is 0 Å². The first-order valence-corrected chi connectivity index (χ1v) is 28.9. The Morgan fingerprint density at radius 2 is 0.773 bits per heavy atom. The van der Waals surface area contributed by atoms with Gasteiger partial charge in [-0.25, -0.2) is 0 Å². The molecule has 0 rings (SSSR count). The van der Waals surface area contributed by atoms with Gasteiger partial charge in [0.05, 0.1) is 25.4 Å². The first-order valence-electron chi connectivity index (χ1n) is 28.9. The molecule has 0 spiro atoms. The molecule has 0 saturated heterocycles. The zero-order valence-electron chi connectivity index (χ0n) is 43.9. The van der Waals surface area contributed by atoms with Gasteiger partial charge < -0.3 is 20.3 Å². The Balaban J connectivity index is 3.51. The molecule has 6 nitrogen and oxygen atoms in total. The van der Waals surface area contributed by atoms with Gasteiger partial charge in [0.25, 0.3) is 0 Å². The second-order valence-electron chi connectivity index (χ2n) is 19.6. The number of unbranched alkanes of at least 4 members (excludes halogenated alkanes) is 36. The molecule has 0 aromatic rings. The van der Waals surface area contributed by atoms with Crippen LogP contribution in [0.3, 0.4) is 0 Å². The van der Waals surface area contributed by atoms with Crippen molar-refractivity contribution in [2.75, 3.05) is 13.2 Å². The van der Waals surface area contributed by atoms with Gasteiger partial charge in [0.2, 0.25) is 5.91 Å². The van der Waals surface area contributed by atoms with E-state index in [0.29, 0.717) is 19.4 Å². The molecule has 0 aliphatic heterocycles. The third-order valence-corrected chi connectivity index (χ3v) is 13.1. The maximum atomic E-state index is 12.5. The summed E-state index contributed by atoms with van der Waals surface area (Å²) in [6, 6.07) is -0.638. The van der Waals surface area contributed by atoms with Gasteiger partial charge in [-0.05, 0) is 83.5 Å². The number of allylic oxidation sites excluding steroid dienone is 7. The number of carbonyl (C=O) groups excluding carboxylic acids is 2.